The van der Waals surface area contributed by atoms with Gasteiger partial charge in [-0.25, -0.2) is 0 Å². The summed E-state index contributed by atoms with van der Waals surface area (Å²) in [5.74, 6) is 0.480. The van der Waals surface area contributed by atoms with Crippen molar-refractivity contribution < 1.29 is 14.6 Å². The Hall–Kier alpha value is -1.55. The molecule has 1 aromatic rings. The van der Waals surface area contributed by atoms with E-state index in [4.69, 9.17) is 4.74 Å². The van der Waals surface area contributed by atoms with Gasteiger partial charge in [-0.3, -0.25) is 4.79 Å². The van der Waals surface area contributed by atoms with Crippen molar-refractivity contribution in [2.45, 2.75) is 59.3 Å². The van der Waals surface area contributed by atoms with Gasteiger partial charge in [-0.2, -0.15) is 0 Å². The highest BCUT2D eigenvalue weighted by Gasteiger charge is 2.19. The minimum absolute atomic E-state index is 0.0993. The lowest BCUT2D eigenvalue weighted by Crippen LogP contribution is -2.42. The molecule has 1 unspecified atom stereocenters. The summed E-state index contributed by atoms with van der Waals surface area (Å²) in [6.45, 7) is 7.62. The Bertz CT molecular complexity index is 441. The van der Waals surface area contributed by atoms with Gasteiger partial charge < -0.3 is 15.2 Å². The normalized spacial score (nSPS) is 12.3. The molecule has 0 aliphatic heterocycles. The molecule has 0 aliphatic carbocycles. The van der Waals surface area contributed by atoms with Gasteiger partial charge in [0, 0.05) is 11.6 Å². The molecule has 0 radical (unpaired) electrons. The predicted molar refractivity (Wildman–Crippen MR) is 79.7 cm³/mol. The second-order valence-electron chi connectivity index (χ2n) is 5.00. The SMILES string of the molecule is CCC(CC)NC(=O)C(C)Oc1c(C)cccc1CO. The third-order valence-corrected chi connectivity index (χ3v) is 3.46. The van der Waals surface area contributed by atoms with Crippen LogP contribution in [0.3, 0.4) is 0 Å². The first-order chi connectivity index (χ1) is 9.53. The number of nitrogens with one attached hydrogen (secondary N) is 1. The largest absolute Gasteiger partial charge is 0.480 e. The van der Waals surface area contributed by atoms with Gasteiger partial charge in [0.05, 0.1) is 6.61 Å². The van der Waals surface area contributed by atoms with Gasteiger partial charge in [0.2, 0.25) is 0 Å². The summed E-state index contributed by atoms with van der Waals surface area (Å²) in [6.07, 6.45) is 1.23. The standard InChI is InChI=1S/C16H25NO3/c1-5-14(6-2)17-16(19)12(4)20-15-11(3)8-7-9-13(15)10-18/h7-9,12,14,18H,5-6,10H2,1-4H3,(H,17,19). The van der Waals surface area contributed by atoms with Crippen molar-refractivity contribution in [1.29, 1.82) is 0 Å². The molecule has 20 heavy (non-hydrogen) atoms. The molecule has 1 aromatic carbocycles. The molecule has 0 fully saturated rings. The van der Waals surface area contributed by atoms with Crippen LogP contribution in [0.5, 0.6) is 5.75 Å². The number of aliphatic hydroxyl groups excluding tert-OH is 1. The van der Waals surface area contributed by atoms with Crippen LogP contribution in [-0.2, 0) is 11.4 Å². The summed E-state index contributed by atoms with van der Waals surface area (Å²) in [7, 11) is 0. The summed E-state index contributed by atoms with van der Waals surface area (Å²) in [4.78, 5) is 12.1. The summed E-state index contributed by atoms with van der Waals surface area (Å²) >= 11 is 0. The van der Waals surface area contributed by atoms with E-state index in [0.717, 1.165) is 18.4 Å². The van der Waals surface area contributed by atoms with E-state index in [1.165, 1.54) is 0 Å². The van der Waals surface area contributed by atoms with Crippen molar-refractivity contribution in [2.24, 2.45) is 0 Å². The molecule has 0 bridgehead atoms. The lowest BCUT2D eigenvalue weighted by atomic mass is 10.1. The molecule has 1 atom stereocenters. The molecular weight excluding hydrogens is 254 g/mol. The maximum atomic E-state index is 12.1. The average Bonchev–Trinajstić information content (AvgIpc) is 2.46. The van der Waals surface area contributed by atoms with E-state index in [1.807, 2.05) is 32.9 Å². The lowest BCUT2D eigenvalue weighted by molar-refractivity contribution is -0.128. The maximum Gasteiger partial charge on any atom is 0.260 e. The fourth-order valence-corrected chi connectivity index (χ4v) is 2.05. The first-order valence-corrected chi connectivity index (χ1v) is 7.19. The van der Waals surface area contributed by atoms with Crippen LogP contribution in [0.1, 0.15) is 44.7 Å². The molecule has 0 saturated heterocycles. The van der Waals surface area contributed by atoms with Crippen LogP contribution >= 0.6 is 0 Å². The van der Waals surface area contributed by atoms with E-state index in [9.17, 15) is 9.90 Å². The number of para-hydroxylation sites is 1. The number of benzene rings is 1. The van der Waals surface area contributed by atoms with Crippen LogP contribution in [-0.4, -0.2) is 23.2 Å². The molecule has 1 amide bonds. The molecule has 0 spiro atoms. The molecular formula is C16H25NO3. The molecule has 4 nitrogen and oxygen atoms in total. The number of ether oxygens (including phenoxy) is 1. The first kappa shape index (κ1) is 16.5. The van der Waals surface area contributed by atoms with Gasteiger partial charge in [0.15, 0.2) is 6.10 Å². The number of amides is 1. The van der Waals surface area contributed by atoms with Gasteiger partial charge in [-0.1, -0.05) is 32.0 Å². The van der Waals surface area contributed by atoms with Crippen LogP contribution in [0.25, 0.3) is 0 Å². The van der Waals surface area contributed by atoms with Crippen molar-refractivity contribution in [1.82, 2.24) is 5.32 Å². The van der Waals surface area contributed by atoms with Crippen molar-refractivity contribution >= 4 is 5.91 Å². The Morgan fingerprint density at radius 3 is 2.55 bits per heavy atom. The Morgan fingerprint density at radius 2 is 2.00 bits per heavy atom. The number of aryl methyl sites for hydroxylation is 1. The number of hydrogen-bond acceptors (Lipinski definition) is 3. The van der Waals surface area contributed by atoms with Crippen LogP contribution in [0, 0.1) is 6.92 Å². The third-order valence-electron chi connectivity index (χ3n) is 3.46. The van der Waals surface area contributed by atoms with Crippen molar-refractivity contribution in [3.63, 3.8) is 0 Å². The molecule has 1 rings (SSSR count). The van der Waals surface area contributed by atoms with Crippen molar-refractivity contribution in [3.8, 4) is 5.75 Å². The van der Waals surface area contributed by atoms with E-state index < -0.39 is 6.10 Å². The molecule has 112 valence electrons. The van der Waals surface area contributed by atoms with Crippen LogP contribution in [0.2, 0.25) is 0 Å². The van der Waals surface area contributed by atoms with Gasteiger partial charge >= 0.3 is 0 Å². The maximum absolute atomic E-state index is 12.1. The minimum Gasteiger partial charge on any atom is -0.480 e. The highest BCUT2D eigenvalue weighted by molar-refractivity contribution is 5.81. The van der Waals surface area contributed by atoms with E-state index in [2.05, 4.69) is 5.32 Å². The van der Waals surface area contributed by atoms with Crippen molar-refractivity contribution in [2.75, 3.05) is 0 Å². The molecule has 0 aliphatic rings. The zero-order valence-electron chi connectivity index (χ0n) is 12.8. The lowest BCUT2D eigenvalue weighted by Gasteiger charge is -2.21. The van der Waals surface area contributed by atoms with Crippen LogP contribution < -0.4 is 10.1 Å². The number of carbonyl (C=O) groups excluding carboxylic acids is 1. The molecule has 0 heterocycles. The quantitative estimate of drug-likeness (QED) is 0.806. The van der Waals surface area contributed by atoms with Gasteiger partial charge in [-0.05, 0) is 32.3 Å². The van der Waals surface area contributed by atoms with E-state index in [1.54, 1.807) is 13.0 Å². The van der Waals surface area contributed by atoms with Gasteiger partial charge in [-0.15, -0.1) is 0 Å². The molecule has 0 saturated carbocycles. The number of hydrogen-bond donors (Lipinski definition) is 2. The fourth-order valence-electron chi connectivity index (χ4n) is 2.05. The summed E-state index contributed by atoms with van der Waals surface area (Å²) in [6, 6.07) is 5.75. The second kappa shape index (κ2) is 7.90. The Labute approximate surface area is 121 Å². The predicted octanol–water partition coefficient (Wildman–Crippen LogP) is 2.56. The molecule has 0 aromatic heterocycles. The topological polar surface area (TPSA) is 58.6 Å². The summed E-state index contributed by atoms with van der Waals surface area (Å²) in [5.41, 5.74) is 1.62. The molecule has 2 N–H and O–H groups in total. The fraction of sp³-hybridized carbons (Fsp3) is 0.562. The van der Waals surface area contributed by atoms with Gasteiger partial charge in [0.1, 0.15) is 5.75 Å². The Morgan fingerprint density at radius 1 is 1.35 bits per heavy atom. The Kier molecular flexibility index (Phi) is 6.52. The number of aliphatic hydroxyl groups is 1. The second-order valence-corrected chi connectivity index (χ2v) is 5.00. The number of carbonyl (C=O) groups is 1. The van der Waals surface area contributed by atoms with E-state index >= 15 is 0 Å². The monoisotopic (exact) mass is 279 g/mol. The van der Waals surface area contributed by atoms with Gasteiger partial charge in [0.25, 0.3) is 5.91 Å². The molecule has 4 heteroatoms. The first-order valence-electron chi connectivity index (χ1n) is 7.19. The van der Waals surface area contributed by atoms with Crippen molar-refractivity contribution in [3.05, 3.63) is 29.3 Å². The smallest absolute Gasteiger partial charge is 0.260 e. The van der Waals surface area contributed by atoms with E-state index in [-0.39, 0.29) is 18.6 Å². The van der Waals surface area contributed by atoms with Crippen LogP contribution in [0.4, 0.5) is 0 Å². The average molecular weight is 279 g/mol. The minimum atomic E-state index is -0.581. The highest BCUT2D eigenvalue weighted by atomic mass is 16.5. The summed E-state index contributed by atoms with van der Waals surface area (Å²) < 4.78 is 5.75. The zero-order chi connectivity index (χ0) is 15.1. The Balaban J connectivity index is 2.75. The highest BCUT2D eigenvalue weighted by Crippen LogP contribution is 2.24. The number of rotatable bonds is 7. The third kappa shape index (κ3) is 4.23. The van der Waals surface area contributed by atoms with Crippen LogP contribution in [0.15, 0.2) is 18.2 Å². The zero-order valence-corrected chi connectivity index (χ0v) is 12.8. The summed E-state index contributed by atoms with van der Waals surface area (Å²) in [5, 5.41) is 12.3. The van der Waals surface area contributed by atoms with E-state index in [0.29, 0.717) is 11.3 Å².